The van der Waals surface area contributed by atoms with Crippen molar-refractivity contribution in [2.24, 2.45) is 5.92 Å². The summed E-state index contributed by atoms with van der Waals surface area (Å²) in [5.74, 6) is 0.202. The fourth-order valence-electron chi connectivity index (χ4n) is 3.88. The van der Waals surface area contributed by atoms with E-state index in [1.165, 1.54) is 0 Å². The number of carbonyl (C=O) groups is 2. The maximum Gasteiger partial charge on any atom is 0.409 e. The fraction of sp³-hybridized carbons (Fsp3) is 0.600. The molecule has 6 nitrogen and oxygen atoms in total. The van der Waals surface area contributed by atoms with E-state index in [9.17, 15) is 9.59 Å². The first kappa shape index (κ1) is 21.2. The number of benzene rings is 1. The molecule has 1 unspecified atom stereocenters. The molecule has 8 heteroatoms. The summed E-state index contributed by atoms with van der Waals surface area (Å²) in [5.41, 5.74) is 1.10. The number of carbonyl (C=O) groups excluding carboxylic acids is 2. The van der Waals surface area contributed by atoms with E-state index in [4.69, 9.17) is 27.9 Å². The summed E-state index contributed by atoms with van der Waals surface area (Å²) >= 11 is 12.1. The van der Waals surface area contributed by atoms with Crippen LogP contribution in [0.15, 0.2) is 18.2 Å². The summed E-state index contributed by atoms with van der Waals surface area (Å²) in [6.45, 7) is 6.85. The van der Waals surface area contributed by atoms with Crippen molar-refractivity contribution < 1.29 is 14.3 Å². The summed E-state index contributed by atoms with van der Waals surface area (Å²) in [7, 11) is 0. The lowest BCUT2D eigenvalue weighted by molar-refractivity contribution is -0.139. The van der Waals surface area contributed by atoms with Gasteiger partial charge in [0.2, 0.25) is 5.91 Å². The lowest BCUT2D eigenvalue weighted by Crippen LogP contribution is -2.53. The van der Waals surface area contributed by atoms with Gasteiger partial charge in [-0.05, 0) is 44.0 Å². The normalized spacial score (nSPS) is 20.9. The molecule has 3 rings (SSSR count). The van der Waals surface area contributed by atoms with Crippen molar-refractivity contribution in [2.45, 2.75) is 26.3 Å². The Bertz CT molecular complexity index is 708. The van der Waals surface area contributed by atoms with Gasteiger partial charge in [-0.1, -0.05) is 29.3 Å². The van der Waals surface area contributed by atoms with Crippen molar-refractivity contribution in [3.8, 4) is 0 Å². The number of hydrogen-bond donors (Lipinski definition) is 0. The van der Waals surface area contributed by atoms with Crippen molar-refractivity contribution >= 4 is 35.2 Å². The van der Waals surface area contributed by atoms with Gasteiger partial charge in [0.25, 0.3) is 0 Å². The maximum absolute atomic E-state index is 13.0. The van der Waals surface area contributed by atoms with Crippen LogP contribution in [0.3, 0.4) is 0 Å². The van der Waals surface area contributed by atoms with Gasteiger partial charge in [-0.15, -0.1) is 0 Å². The lowest BCUT2D eigenvalue weighted by atomic mass is 9.95. The monoisotopic (exact) mass is 427 g/mol. The standard InChI is InChI=1S/C20H27Cl2N3O3/c1-2-28-20(27)25-10-8-24(9-11-25)19(26)16-4-3-7-23(14-16)13-15-5-6-17(21)18(22)12-15/h5-6,12,16H,2-4,7-11,13-14H2,1H3. The third-order valence-electron chi connectivity index (χ3n) is 5.36. The molecule has 1 aromatic rings. The van der Waals surface area contributed by atoms with Crippen LogP contribution >= 0.6 is 23.2 Å². The molecule has 2 fully saturated rings. The number of halogens is 2. The number of likely N-dealkylation sites (tertiary alicyclic amines) is 1. The zero-order valence-electron chi connectivity index (χ0n) is 16.2. The Balaban J connectivity index is 1.52. The first-order valence-electron chi connectivity index (χ1n) is 9.84. The average Bonchev–Trinajstić information content (AvgIpc) is 2.71. The van der Waals surface area contributed by atoms with Gasteiger partial charge in [0.05, 0.1) is 22.6 Å². The largest absolute Gasteiger partial charge is 0.450 e. The molecule has 0 aromatic heterocycles. The van der Waals surface area contributed by atoms with E-state index in [0.717, 1.165) is 38.0 Å². The van der Waals surface area contributed by atoms with Gasteiger partial charge in [-0.25, -0.2) is 4.79 Å². The van der Waals surface area contributed by atoms with Crippen LogP contribution < -0.4 is 0 Å². The molecule has 0 bridgehead atoms. The van der Waals surface area contributed by atoms with Gasteiger partial charge in [-0.2, -0.15) is 0 Å². The van der Waals surface area contributed by atoms with Gasteiger partial charge in [-0.3, -0.25) is 9.69 Å². The van der Waals surface area contributed by atoms with Crippen molar-refractivity contribution in [1.29, 1.82) is 0 Å². The van der Waals surface area contributed by atoms with Gasteiger partial charge in [0.1, 0.15) is 0 Å². The number of amides is 2. The molecule has 2 amide bonds. The molecular weight excluding hydrogens is 401 g/mol. The highest BCUT2D eigenvalue weighted by atomic mass is 35.5. The van der Waals surface area contributed by atoms with Gasteiger partial charge < -0.3 is 14.5 Å². The van der Waals surface area contributed by atoms with Crippen molar-refractivity contribution in [1.82, 2.24) is 14.7 Å². The quantitative estimate of drug-likeness (QED) is 0.737. The van der Waals surface area contributed by atoms with Crippen molar-refractivity contribution in [3.05, 3.63) is 33.8 Å². The molecule has 0 radical (unpaired) electrons. The first-order valence-corrected chi connectivity index (χ1v) is 10.6. The molecule has 0 saturated carbocycles. The van der Waals surface area contributed by atoms with Crippen LogP contribution in [0.2, 0.25) is 10.0 Å². The Hall–Kier alpha value is -1.50. The average molecular weight is 428 g/mol. The van der Waals surface area contributed by atoms with E-state index in [-0.39, 0.29) is 17.9 Å². The number of rotatable bonds is 4. The highest BCUT2D eigenvalue weighted by molar-refractivity contribution is 6.42. The predicted molar refractivity (Wildman–Crippen MR) is 110 cm³/mol. The molecule has 28 heavy (non-hydrogen) atoms. The van der Waals surface area contributed by atoms with Crippen LogP contribution in [0, 0.1) is 5.92 Å². The Kier molecular flexibility index (Phi) is 7.43. The van der Waals surface area contributed by atoms with Crippen molar-refractivity contribution in [3.63, 3.8) is 0 Å². The third kappa shape index (κ3) is 5.31. The van der Waals surface area contributed by atoms with E-state index < -0.39 is 0 Å². The zero-order chi connectivity index (χ0) is 20.1. The molecule has 154 valence electrons. The summed E-state index contributed by atoms with van der Waals surface area (Å²) in [6.07, 6.45) is 1.62. The second-order valence-electron chi connectivity index (χ2n) is 7.33. The maximum atomic E-state index is 13.0. The lowest BCUT2D eigenvalue weighted by Gasteiger charge is -2.38. The number of nitrogens with zero attached hydrogens (tertiary/aromatic N) is 3. The molecule has 2 saturated heterocycles. The highest BCUT2D eigenvalue weighted by Gasteiger charge is 2.32. The fourth-order valence-corrected chi connectivity index (χ4v) is 4.20. The smallest absolute Gasteiger partial charge is 0.409 e. The molecule has 2 heterocycles. The second kappa shape index (κ2) is 9.81. The van der Waals surface area contributed by atoms with Crippen molar-refractivity contribution in [2.75, 3.05) is 45.9 Å². The summed E-state index contributed by atoms with van der Waals surface area (Å²) in [4.78, 5) is 30.7. The Morgan fingerprint density at radius 3 is 2.46 bits per heavy atom. The van der Waals surface area contributed by atoms with E-state index in [0.29, 0.717) is 42.8 Å². The van der Waals surface area contributed by atoms with E-state index in [1.807, 2.05) is 23.1 Å². The molecule has 1 atom stereocenters. The highest BCUT2D eigenvalue weighted by Crippen LogP contribution is 2.25. The van der Waals surface area contributed by atoms with Crippen LogP contribution in [-0.4, -0.2) is 72.6 Å². The molecular formula is C20H27Cl2N3O3. The minimum Gasteiger partial charge on any atom is -0.450 e. The van der Waals surface area contributed by atoms with E-state index in [2.05, 4.69) is 4.90 Å². The summed E-state index contributed by atoms with van der Waals surface area (Å²) in [6, 6.07) is 5.69. The minimum atomic E-state index is -0.292. The van der Waals surface area contributed by atoms with Gasteiger partial charge in [0.15, 0.2) is 0 Å². The number of hydrogen-bond acceptors (Lipinski definition) is 4. The third-order valence-corrected chi connectivity index (χ3v) is 6.10. The summed E-state index contributed by atoms with van der Waals surface area (Å²) in [5, 5.41) is 1.11. The van der Waals surface area contributed by atoms with E-state index in [1.54, 1.807) is 11.8 Å². The Labute approximate surface area is 176 Å². The van der Waals surface area contributed by atoms with Crippen LogP contribution in [0.25, 0.3) is 0 Å². The number of piperidine rings is 1. The van der Waals surface area contributed by atoms with Crippen LogP contribution in [0.5, 0.6) is 0 Å². The molecule has 0 spiro atoms. The van der Waals surface area contributed by atoms with Gasteiger partial charge in [0, 0.05) is 39.3 Å². The first-order chi connectivity index (χ1) is 13.5. The molecule has 2 aliphatic rings. The Morgan fingerprint density at radius 2 is 1.79 bits per heavy atom. The zero-order valence-corrected chi connectivity index (χ0v) is 17.7. The summed E-state index contributed by atoms with van der Waals surface area (Å²) < 4.78 is 5.04. The predicted octanol–water partition coefficient (Wildman–Crippen LogP) is 3.51. The van der Waals surface area contributed by atoms with Gasteiger partial charge >= 0.3 is 6.09 Å². The second-order valence-corrected chi connectivity index (χ2v) is 8.15. The SMILES string of the molecule is CCOC(=O)N1CCN(C(=O)C2CCCN(Cc3ccc(Cl)c(Cl)c3)C2)CC1. The molecule has 2 aliphatic heterocycles. The minimum absolute atomic E-state index is 0.00525. The number of ether oxygens (including phenoxy) is 1. The van der Waals surface area contributed by atoms with Crippen LogP contribution in [-0.2, 0) is 16.1 Å². The Morgan fingerprint density at radius 1 is 1.07 bits per heavy atom. The molecule has 0 N–H and O–H groups in total. The number of piperazine rings is 1. The van der Waals surface area contributed by atoms with E-state index >= 15 is 0 Å². The topological polar surface area (TPSA) is 53.1 Å². The van der Waals surface area contributed by atoms with Crippen LogP contribution in [0.4, 0.5) is 4.79 Å². The molecule has 0 aliphatic carbocycles. The van der Waals surface area contributed by atoms with Crippen LogP contribution in [0.1, 0.15) is 25.3 Å². The molecule has 1 aromatic carbocycles.